The lowest BCUT2D eigenvalue weighted by Crippen LogP contribution is -2.21. The van der Waals surface area contributed by atoms with E-state index < -0.39 is 11.9 Å². The number of aryl methyl sites for hydroxylation is 2. The van der Waals surface area contributed by atoms with Gasteiger partial charge in [-0.2, -0.15) is 5.26 Å². The maximum absolute atomic E-state index is 12.4. The summed E-state index contributed by atoms with van der Waals surface area (Å²) in [6.07, 6.45) is 0. The molecule has 1 aliphatic rings. The van der Waals surface area contributed by atoms with Crippen LogP contribution in [-0.2, 0) is 4.79 Å². The topological polar surface area (TPSA) is 94.6 Å². The fourth-order valence-electron chi connectivity index (χ4n) is 3.79. The second-order valence-electron chi connectivity index (χ2n) is 7.81. The number of carbonyl (C=O) groups excluding carboxylic acids is 1. The van der Waals surface area contributed by atoms with Crippen molar-refractivity contribution in [2.75, 3.05) is 6.61 Å². The number of nitrogens with zero attached hydrogens (tertiary/aromatic N) is 1. The zero-order valence-electron chi connectivity index (χ0n) is 18.4. The molecule has 0 radical (unpaired) electrons. The van der Waals surface area contributed by atoms with Crippen LogP contribution in [0.25, 0.3) is 0 Å². The molecule has 4 rings (SSSR count). The third kappa shape index (κ3) is 4.81. The summed E-state index contributed by atoms with van der Waals surface area (Å²) in [6, 6.07) is 17.8. The van der Waals surface area contributed by atoms with Crippen molar-refractivity contribution in [3.8, 4) is 23.3 Å². The second-order valence-corrected chi connectivity index (χ2v) is 8.62. The molecule has 0 bridgehead atoms. The van der Waals surface area contributed by atoms with Gasteiger partial charge in [-0.15, -0.1) is 0 Å². The van der Waals surface area contributed by atoms with E-state index in [1.807, 2.05) is 26.0 Å². The fourth-order valence-corrected chi connectivity index (χ4v) is 4.03. The zero-order chi connectivity index (χ0) is 24.4. The van der Waals surface area contributed by atoms with E-state index in [1.165, 1.54) is 0 Å². The maximum atomic E-state index is 12.4. The van der Waals surface area contributed by atoms with Crippen molar-refractivity contribution < 1.29 is 19.0 Å². The van der Waals surface area contributed by atoms with Crippen LogP contribution < -0.4 is 19.9 Å². The molecule has 0 spiro atoms. The van der Waals surface area contributed by atoms with Gasteiger partial charge in [-0.05, 0) is 60.9 Å². The highest BCUT2D eigenvalue weighted by molar-refractivity contribution is 6.32. The van der Waals surface area contributed by atoms with E-state index in [-0.39, 0.29) is 18.2 Å². The van der Waals surface area contributed by atoms with Gasteiger partial charge in [0.15, 0.2) is 6.61 Å². The maximum Gasteiger partial charge on any atom is 0.349 e. The number of hydrogen-bond acceptors (Lipinski definition) is 6. The van der Waals surface area contributed by atoms with Crippen molar-refractivity contribution in [2.45, 2.75) is 19.8 Å². The molecule has 0 fully saturated rings. The van der Waals surface area contributed by atoms with Crippen LogP contribution >= 0.6 is 23.2 Å². The first kappa shape index (κ1) is 23.5. The molecule has 1 unspecified atom stereocenters. The normalized spacial score (nSPS) is 14.6. The molecule has 1 heterocycles. The van der Waals surface area contributed by atoms with E-state index in [1.54, 1.807) is 42.5 Å². The van der Waals surface area contributed by atoms with Crippen molar-refractivity contribution in [3.63, 3.8) is 0 Å². The van der Waals surface area contributed by atoms with Crippen LogP contribution in [0.2, 0.25) is 10.0 Å². The fraction of sp³-hybridized carbons (Fsp3) is 0.154. The number of hydrogen-bond donors (Lipinski definition) is 1. The molecule has 3 aromatic rings. The van der Waals surface area contributed by atoms with Crippen LogP contribution in [-0.4, -0.2) is 12.6 Å². The number of nitrogens with two attached hydrogens (primary N) is 1. The standard InChI is InChI=1S/C26H20Cl2N2O4/c1-14-9-19(10-15(2)25(14)28)32-13-23(31)33-18-7-8-20-22(11-18)34-26(30)21(12-29)24(20)16-3-5-17(27)6-4-16/h3-11,24H,13,30H2,1-2H3. The van der Waals surface area contributed by atoms with Gasteiger partial charge >= 0.3 is 5.97 Å². The SMILES string of the molecule is Cc1cc(OCC(=O)Oc2ccc3c(c2)OC(N)=C(C#N)C3c2ccc(Cl)cc2)cc(C)c1Cl. The summed E-state index contributed by atoms with van der Waals surface area (Å²) in [5.74, 6) is 0.158. The minimum Gasteiger partial charge on any atom is -0.482 e. The van der Waals surface area contributed by atoms with Gasteiger partial charge in [-0.1, -0.05) is 41.4 Å². The third-order valence-corrected chi connectivity index (χ3v) is 6.24. The molecule has 2 N–H and O–H groups in total. The molecule has 0 aromatic heterocycles. The number of allylic oxidation sites excluding steroid dienone is 1. The number of fused-ring (bicyclic) bond motifs is 1. The quantitative estimate of drug-likeness (QED) is 0.355. The minimum atomic E-state index is -0.587. The number of rotatable bonds is 5. The first-order chi connectivity index (χ1) is 16.3. The lowest BCUT2D eigenvalue weighted by molar-refractivity contribution is -0.136. The van der Waals surface area contributed by atoms with Crippen LogP contribution in [0.15, 0.2) is 66.1 Å². The Bertz CT molecular complexity index is 1320. The monoisotopic (exact) mass is 494 g/mol. The molecule has 0 saturated carbocycles. The van der Waals surface area contributed by atoms with E-state index in [0.717, 1.165) is 22.3 Å². The lowest BCUT2D eigenvalue weighted by atomic mass is 9.83. The van der Waals surface area contributed by atoms with Gasteiger partial charge < -0.3 is 19.9 Å². The Morgan fingerprint density at radius 2 is 1.74 bits per heavy atom. The third-order valence-electron chi connectivity index (χ3n) is 5.39. The van der Waals surface area contributed by atoms with Crippen LogP contribution in [0.3, 0.4) is 0 Å². The summed E-state index contributed by atoms with van der Waals surface area (Å²) in [5.41, 5.74) is 9.59. The van der Waals surface area contributed by atoms with Crippen molar-refractivity contribution in [3.05, 3.63) is 98.4 Å². The summed E-state index contributed by atoms with van der Waals surface area (Å²) in [6.45, 7) is 3.44. The highest BCUT2D eigenvalue weighted by Crippen LogP contribution is 2.43. The average Bonchev–Trinajstić information content (AvgIpc) is 2.80. The molecule has 172 valence electrons. The molecule has 3 aromatic carbocycles. The number of nitriles is 1. The van der Waals surface area contributed by atoms with Crippen LogP contribution in [0.4, 0.5) is 0 Å². The van der Waals surface area contributed by atoms with Gasteiger partial charge in [-0.3, -0.25) is 0 Å². The van der Waals surface area contributed by atoms with Crippen molar-refractivity contribution in [2.24, 2.45) is 5.73 Å². The Morgan fingerprint density at radius 1 is 1.06 bits per heavy atom. The summed E-state index contributed by atoms with van der Waals surface area (Å²) in [5, 5.41) is 10.9. The summed E-state index contributed by atoms with van der Waals surface area (Å²) < 4.78 is 16.7. The summed E-state index contributed by atoms with van der Waals surface area (Å²) in [7, 11) is 0. The Hall–Kier alpha value is -3.66. The molecule has 6 nitrogen and oxygen atoms in total. The van der Waals surface area contributed by atoms with Gasteiger partial charge in [-0.25, -0.2) is 4.79 Å². The number of benzene rings is 3. The zero-order valence-corrected chi connectivity index (χ0v) is 19.9. The molecule has 0 amide bonds. The molecular formula is C26H20Cl2N2O4. The van der Waals surface area contributed by atoms with E-state index in [2.05, 4.69) is 6.07 Å². The molecule has 34 heavy (non-hydrogen) atoms. The van der Waals surface area contributed by atoms with Gasteiger partial charge in [0.2, 0.25) is 5.88 Å². The Kier molecular flexibility index (Phi) is 6.69. The number of halogens is 2. The number of esters is 1. The second kappa shape index (κ2) is 9.68. The minimum absolute atomic E-state index is 0.00441. The highest BCUT2D eigenvalue weighted by Gasteiger charge is 2.31. The number of ether oxygens (including phenoxy) is 3. The van der Waals surface area contributed by atoms with Crippen LogP contribution in [0, 0.1) is 25.2 Å². The molecule has 8 heteroatoms. The first-order valence-corrected chi connectivity index (χ1v) is 11.1. The van der Waals surface area contributed by atoms with E-state index in [4.69, 9.17) is 43.1 Å². The smallest absolute Gasteiger partial charge is 0.349 e. The predicted molar refractivity (Wildman–Crippen MR) is 129 cm³/mol. The molecule has 1 aliphatic heterocycles. The predicted octanol–water partition coefficient (Wildman–Crippen LogP) is 5.81. The van der Waals surface area contributed by atoms with Crippen LogP contribution in [0.1, 0.15) is 28.2 Å². The van der Waals surface area contributed by atoms with Crippen molar-refractivity contribution in [1.29, 1.82) is 5.26 Å². The largest absolute Gasteiger partial charge is 0.482 e. The van der Waals surface area contributed by atoms with Crippen molar-refractivity contribution in [1.82, 2.24) is 0 Å². The summed E-state index contributed by atoms with van der Waals surface area (Å²) >= 11 is 12.2. The van der Waals surface area contributed by atoms with E-state index in [9.17, 15) is 10.1 Å². The van der Waals surface area contributed by atoms with Gasteiger partial charge in [0, 0.05) is 21.7 Å². The van der Waals surface area contributed by atoms with Crippen LogP contribution in [0.5, 0.6) is 17.2 Å². The van der Waals surface area contributed by atoms with Crippen molar-refractivity contribution >= 4 is 29.2 Å². The van der Waals surface area contributed by atoms with E-state index >= 15 is 0 Å². The van der Waals surface area contributed by atoms with Gasteiger partial charge in [0.05, 0.1) is 5.92 Å². The highest BCUT2D eigenvalue weighted by atomic mass is 35.5. The molecule has 0 aliphatic carbocycles. The molecule has 1 atom stereocenters. The molecule has 0 saturated heterocycles. The Morgan fingerprint density at radius 3 is 2.38 bits per heavy atom. The van der Waals surface area contributed by atoms with Gasteiger partial charge in [0.25, 0.3) is 0 Å². The van der Waals surface area contributed by atoms with E-state index in [0.29, 0.717) is 27.1 Å². The first-order valence-electron chi connectivity index (χ1n) is 10.3. The number of carbonyl (C=O) groups is 1. The summed E-state index contributed by atoms with van der Waals surface area (Å²) in [4.78, 5) is 12.4. The Labute approximate surface area is 207 Å². The molecular weight excluding hydrogens is 475 g/mol. The average molecular weight is 495 g/mol. The Balaban J connectivity index is 1.52. The van der Waals surface area contributed by atoms with Gasteiger partial charge in [0.1, 0.15) is 28.9 Å². The lowest BCUT2D eigenvalue weighted by Gasteiger charge is -2.26.